The first-order valence-electron chi connectivity index (χ1n) is 8.06. The topological polar surface area (TPSA) is 44.4 Å². The van der Waals surface area contributed by atoms with Crippen molar-refractivity contribution in [3.63, 3.8) is 0 Å². The molecule has 1 unspecified atom stereocenters. The van der Waals surface area contributed by atoms with E-state index in [1.165, 1.54) is 12.8 Å². The Labute approximate surface area is 123 Å². The van der Waals surface area contributed by atoms with E-state index in [9.17, 15) is 4.79 Å². The predicted molar refractivity (Wildman–Crippen MR) is 82.6 cm³/mol. The Bertz CT molecular complexity index is 340. The van der Waals surface area contributed by atoms with E-state index < -0.39 is 0 Å². The van der Waals surface area contributed by atoms with Crippen molar-refractivity contribution in [3.05, 3.63) is 0 Å². The Morgan fingerprint density at radius 3 is 2.45 bits per heavy atom. The van der Waals surface area contributed by atoms with E-state index in [1.54, 1.807) is 0 Å². The molecule has 0 saturated carbocycles. The van der Waals surface area contributed by atoms with Crippen molar-refractivity contribution in [3.8, 4) is 0 Å². The van der Waals surface area contributed by atoms with Crippen LogP contribution in [0.5, 0.6) is 0 Å². The lowest BCUT2D eigenvalue weighted by atomic mass is 9.75. The van der Waals surface area contributed by atoms with Gasteiger partial charge in [0.2, 0.25) is 5.91 Å². The summed E-state index contributed by atoms with van der Waals surface area (Å²) in [6, 6.07) is 0. The fourth-order valence-electron chi connectivity index (χ4n) is 3.46. The highest BCUT2D eigenvalue weighted by molar-refractivity contribution is 5.83. The number of piperidine rings is 1. The van der Waals surface area contributed by atoms with Crippen LogP contribution in [0.2, 0.25) is 0 Å². The van der Waals surface area contributed by atoms with Crippen molar-refractivity contribution in [2.45, 2.75) is 40.0 Å². The molecular formula is C16H31N3O. The first kappa shape index (κ1) is 15.8. The quantitative estimate of drug-likeness (QED) is 0.820. The standard InChI is InChI=1S/C16H31N3O/c1-13(2)16(5-8-17-12-16)14(20)18-11-15(3)6-9-19(4)10-7-15/h13,17H,5-12H2,1-4H3,(H,18,20). The Kier molecular flexibility index (Phi) is 4.75. The fraction of sp³-hybridized carbons (Fsp3) is 0.938. The third-order valence-corrected chi connectivity index (χ3v) is 5.62. The van der Waals surface area contributed by atoms with Gasteiger partial charge in [0, 0.05) is 13.1 Å². The molecule has 0 aromatic carbocycles. The highest BCUT2D eigenvalue weighted by atomic mass is 16.2. The zero-order chi connectivity index (χ0) is 14.8. The number of likely N-dealkylation sites (tertiary alicyclic amines) is 1. The molecule has 20 heavy (non-hydrogen) atoms. The zero-order valence-electron chi connectivity index (χ0n) is 13.6. The largest absolute Gasteiger partial charge is 0.355 e. The minimum Gasteiger partial charge on any atom is -0.355 e. The summed E-state index contributed by atoms with van der Waals surface area (Å²) in [6.45, 7) is 11.6. The first-order valence-corrected chi connectivity index (χ1v) is 8.06. The lowest BCUT2D eigenvalue weighted by molar-refractivity contribution is -0.133. The van der Waals surface area contributed by atoms with E-state index >= 15 is 0 Å². The number of nitrogens with one attached hydrogen (secondary N) is 2. The smallest absolute Gasteiger partial charge is 0.227 e. The molecule has 0 radical (unpaired) electrons. The Morgan fingerprint density at radius 2 is 1.95 bits per heavy atom. The van der Waals surface area contributed by atoms with Crippen LogP contribution in [0.25, 0.3) is 0 Å². The van der Waals surface area contributed by atoms with Crippen LogP contribution in [0.4, 0.5) is 0 Å². The van der Waals surface area contributed by atoms with Crippen molar-refractivity contribution in [1.82, 2.24) is 15.5 Å². The van der Waals surface area contributed by atoms with E-state index in [0.717, 1.165) is 39.1 Å². The fourth-order valence-corrected chi connectivity index (χ4v) is 3.46. The molecule has 2 saturated heterocycles. The monoisotopic (exact) mass is 281 g/mol. The zero-order valence-corrected chi connectivity index (χ0v) is 13.6. The van der Waals surface area contributed by atoms with Gasteiger partial charge < -0.3 is 15.5 Å². The van der Waals surface area contributed by atoms with E-state index in [2.05, 4.69) is 43.4 Å². The molecule has 2 aliphatic rings. The van der Waals surface area contributed by atoms with Gasteiger partial charge in [-0.25, -0.2) is 0 Å². The van der Waals surface area contributed by atoms with Crippen molar-refractivity contribution < 1.29 is 4.79 Å². The van der Waals surface area contributed by atoms with Crippen molar-refractivity contribution in [2.24, 2.45) is 16.7 Å². The van der Waals surface area contributed by atoms with Gasteiger partial charge in [-0.05, 0) is 57.3 Å². The molecule has 1 amide bonds. The minimum atomic E-state index is -0.193. The second kappa shape index (κ2) is 6.02. The summed E-state index contributed by atoms with van der Waals surface area (Å²) in [7, 11) is 2.18. The summed E-state index contributed by atoms with van der Waals surface area (Å²) in [5.41, 5.74) is 0.0776. The van der Waals surface area contributed by atoms with E-state index in [1.807, 2.05) is 0 Å². The number of carbonyl (C=O) groups excluding carboxylic acids is 1. The van der Waals surface area contributed by atoms with E-state index in [0.29, 0.717) is 5.92 Å². The molecule has 2 rings (SSSR count). The molecule has 1 atom stereocenters. The summed E-state index contributed by atoms with van der Waals surface area (Å²) in [6.07, 6.45) is 3.32. The summed E-state index contributed by atoms with van der Waals surface area (Å²) in [5, 5.41) is 6.64. The molecule has 2 heterocycles. The molecule has 0 aliphatic carbocycles. The van der Waals surface area contributed by atoms with Crippen molar-refractivity contribution in [2.75, 3.05) is 39.8 Å². The van der Waals surface area contributed by atoms with Gasteiger partial charge in [-0.2, -0.15) is 0 Å². The Hall–Kier alpha value is -0.610. The molecule has 0 bridgehead atoms. The van der Waals surface area contributed by atoms with Gasteiger partial charge in [-0.1, -0.05) is 20.8 Å². The van der Waals surface area contributed by atoms with Gasteiger partial charge in [-0.3, -0.25) is 4.79 Å². The molecular weight excluding hydrogens is 250 g/mol. The summed E-state index contributed by atoms with van der Waals surface area (Å²) >= 11 is 0. The van der Waals surface area contributed by atoms with E-state index in [-0.39, 0.29) is 16.7 Å². The van der Waals surface area contributed by atoms with Crippen molar-refractivity contribution in [1.29, 1.82) is 0 Å². The Morgan fingerprint density at radius 1 is 1.30 bits per heavy atom. The number of rotatable bonds is 4. The van der Waals surface area contributed by atoms with Gasteiger partial charge in [0.15, 0.2) is 0 Å². The van der Waals surface area contributed by atoms with Gasteiger partial charge in [0.25, 0.3) is 0 Å². The number of hydrogen-bond donors (Lipinski definition) is 2. The van der Waals surface area contributed by atoms with Crippen LogP contribution in [0.3, 0.4) is 0 Å². The molecule has 4 nitrogen and oxygen atoms in total. The molecule has 4 heteroatoms. The van der Waals surface area contributed by atoms with Crippen LogP contribution in [0.15, 0.2) is 0 Å². The molecule has 2 aliphatic heterocycles. The van der Waals surface area contributed by atoms with Gasteiger partial charge in [-0.15, -0.1) is 0 Å². The molecule has 2 fully saturated rings. The lowest BCUT2D eigenvalue weighted by Gasteiger charge is -2.39. The van der Waals surface area contributed by atoms with Gasteiger partial charge in [0.1, 0.15) is 0 Å². The Balaban J connectivity index is 1.91. The number of carbonyl (C=O) groups is 1. The second-order valence-electron chi connectivity index (χ2n) is 7.53. The maximum atomic E-state index is 12.7. The van der Waals surface area contributed by atoms with Crippen LogP contribution >= 0.6 is 0 Å². The highest BCUT2D eigenvalue weighted by Gasteiger charge is 2.44. The normalized spacial score (nSPS) is 30.6. The van der Waals surface area contributed by atoms with Crippen LogP contribution in [-0.4, -0.2) is 50.6 Å². The van der Waals surface area contributed by atoms with Gasteiger partial charge in [0.05, 0.1) is 5.41 Å². The van der Waals surface area contributed by atoms with Crippen molar-refractivity contribution >= 4 is 5.91 Å². The third-order valence-electron chi connectivity index (χ3n) is 5.62. The van der Waals surface area contributed by atoms with Crippen LogP contribution < -0.4 is 10.6 Å². The molecule has 116 valence electrons. The second-order valence-corrected chi connectivity index (χ2v) is 7.53. The molecule has 0 spiro atoms. The summed E-state index contributed by atoms with van der Waals surface area (Å²) < 4.78 is 0. The maximum absolute atomic E-state index is 12.7. The van der Waals surface area contributed by atoms with Crippen LogP contribution in [0, 0.1) is 16.7 Å². The maximum Gasteiger partial charge on any atom is 0.227 e. The number of hydrogen-bond acceptors (Lipinski definition) is 3. The molecule has 0 aromatic rings. The molecule has 0 aromatic heterocycles. The summed E-state index contributed by atoms with van der Waals surface area (Å²) in [5.74, 6) is 0.653. The minimum absolute atomic E-state index is 0.193. The average Bonchev–Trinajstić information content (AvgIpc) is 2.91. The van der Waals surface area contributed by atoms with E-state index in [4.69, 9.17) is 0 Å². The number of nitrogens with zero attached hydrogens (tertiary/aromatic N) is 1. The predicted octanol–water partition coefficient (Wildman–Crippen LogP) is 1.47. The van der Waals surface area contributed by atoms with Crippen LogP contribution in [-0.2, 0) is 4.79 Å². The summed E-state index contributed by atoms with van der Waals surface area (Å²) in [4.78, 5) is 15.1. The first-order chi connectivity index (χ1) is 9.38. The SMILES string of the molecule is CC(C)C1(C(=O)NCC2(C)CCN(C)CC2)CCNC1. The average molecular weight is 281 g/mol. The van der Waals surface area contributed by atoms with Gasteiger partial charge >= 0.3 is 0 Å². The molecule has 2 N–H and O–H groups in total. The highest BCUT2D eigenvalue weighted by Crippen LogP contribution is 2.35. The van der Waals surface area contributed by atoms with Crippen LogP contribution in [0.1, 0.15) is 40.0 Å². The lowest BCUT2D eigenvalue weighted by Crippen LogP contribution is -2.50. The number of amides is 1. The third kappa shape index (κ3) is 3.17.